The minimum atomic E-state index is -0.489. The molecule has 1 atom stereocenters. The normalized spacial score (nSPS) is 12.1. The molecule has 0 saturated heterocycles. The zero-order chi connectivity index (χ0) is 17.2. The van der Waals surface area contributed by atoms with Gasteiger partial charge in [0.05, 0.1) is 0 Å². The number of hydrogen-bond donors (Lipinski definition) is 2. The molecule has 128 valence electrons. The number of benzene rings is 1. The van der Waals surface area contributed by atoms with Gasteiger partial charge in [-0.3, -0.25) is 4.79 Å². The van der Waals surface area contributed by atoms with Crippen LogP contribution in [0.15, 0.2) is 30.3 Å². The number of ether oxygens (including phenoxy) is 1. The van der Waals surface area contributed by atoms with Crippen LogP contribution in [0.5, 0.6) is 0 Å². The number of nitrogens with one attached hydrogen (secondary N) is 2. The third-order valence-corrected chi connectivity index (χ3v) is 3.17. The molecular formula is C18H28N2O3. The molecule has 0 heterocycles. The Hall–Kier alpha value is -2.04. The van der Waals surface area contributed by atoms with E-state index in [2.05, 4.69) is 24.5 Å². The van der Waals surface area contributed by atoms with Crippen LogP contribution < -0.4 is 10.6 Å². The maximum Gasteiger partial charge on any atom is 0.407 e. The zero-order valence-corrected chi connectivity index (χ0v) is 14.5. The van der Waals surface area contributed by atoms with Crippen molar-refractivity contribution in [1.29, 1.82) is 0 Å². The largest absolute Gasteiger partial charge is 0.445 e. The lowest BCUT2D eigenvalue weighted by atomic mass is 10.0. The van der Waals surface area contributed by atoms with E-state index in [1.54, 1.807) is 0 Å². The number of amides is 2. The highest BCUT2D eigenvalue weighted by Crippen LogP contribution is 2.09. The van der Waals surface area contributed by atoms with Gasteiger partial charge in [0.15, 0.2) is 0 Å². The van der Waals surface area contributed by atoms with E-state index in [1.807, 2.05) is 44.2 Å². The highest BCUT2D eigenvalue weighted by atomic mass is 16.5. The maximum absolute atomic E-state index is 11.9. The predicted octanol–water partition coefficient (Wildman–Crippen LogP) is 3.24. The van der Waals surface area contributed by atoms with Gasteiger partial charge in [-0.05, 0) is 31.7 Å². The molecule has 0 aliphatic carbocycles. The van der Waals surface area contributed by atoms with Crippen LogP contribution in [0.3, 0.4) is 0 Å². The molecule has 23 heavy (non-hydrogen) atoms. The summed E-state index contributed by atoms with van der Waals surface area (Å²) in [5.74, 6) is 0.315. The van der Waals surface area contributed by atoms with Gasteiger partial charge >= 0.3 is 6.09 Å². The molecule has 5 heteroatoms. The monoisotopic (exact) mass is 320 g/mol. The number of carbonyl (C=O) groups excluding carboxylic acids is 2. The number of carbonyl (C=O) groups is 2. The molecule has 0 aromatic heterocycles. The van der Waals surface area contributed by atoms with Gasteiger partial charge in [-0.25, -0.2) is 4.79 Å². The van der Waals surface area contributed by atoms with Gasteiger partial charge in [0, 0.05) is 18.5 Å². The Morgan fingerprint density at radius 1 is 1.04 bits per heavy atom. The summed E-state index contributed by atoms with van der Waals surface area (Å²) in [7, 11) is 0. The van der Waals surface area contributed by atoms with Gasteiger partial charge in [-0.15, -0.1) is 0 Å². The van der Waals surface area contributed by atoms with Crippen molar-refractivity contribution in [2.45, 2.75) is 59.2 Å². The molecule has 1 unspecified atom stereocenters. The maximum atomic E-state index is 11.9. The fraction of sp³-hybridized carbons (Fsp3) is 0.556. The molecular weight excluding hydrogens is 292 g/mol. The van der Waals surface area contributed by atoms with E-state index in [0.29, 0.717) is 5.92 Å². The first kappa shape index (κ1) is 19.0. The Labute approximate surface area is 138 Å². The summed E-state index contributed by atoms with van der Waals surface area (Å²) in [5.41, 5.74) is 0.931. The summed E-state index contributed by atoms with van der Waals surface area (Å²) < 4.78 is 5.22. The molecule has 0 radical (unpaired) electrons. The Balaban J connectivity index is 2.48. The standard InChI is InChI=1S/C18H28N2O3/c1-13(2)10-16(11-17(21)19-14(3)4)20-18(22)23-12-15-8-6-5-7-9-15/h5-9,13-14,16H,10-12H2,1-4H3,(H,19,21)(H,20,22). The summed E-state index contributed by atoms with van der Waals surface area (Å²) in [4.78, 5) is 23.8. The molecule has 0 aliphatic rings. The molecule has 0 bridgehead atoms. The number of alkyl carbamates (subject to hydrolysis) is 1. The van der Waals surface area contributed by atoms with Gasteiger partial charge in [0.25, 0.3) is 0 Å². The molecule has 0 spiro atoms. The summed E-state index contributed by atoms with van der Waals surface area (Å²) in [6, 6.07) is 9.37. The smallest absolute Gasteiger partial charge is 0.407 e. The van der Waals surface area contributed by atoms with Crippen LogP contribution in [-0.2, 0) is 16.1 Å². The predicted molar refractivity (Wildman–Crippen MR) is 90.9 cm³/mol. The topological polar surface area (TPSA) is 67.4 Å². The zero-order valence-electron chi connectivity index (χ0n) is 14.5. The van der Waals surface area contributed by atoms with E-state index >= 15 is 0 Å². The molecule has 0 saturated carbocycles. The van der Waals surface area contributed by atoms with Crippen LogP contribution in [0.25, 0.3) is 0 Å². The van der Waals surface area contributed by atoms with Crippen molar-refractivity contribution in [3.63, 3.8) is 0 Å². The molecule has 0 fully saturated rings. The molecule has 0 aliphatic heterocycles. The van der Waals surface area contributed by atoms with Crippen LogP contribution >= 0.6 is 0 Å². The van der Waals surface area contributed by atoms with E-state index < -0.39 is 6.09 Å². The van der Waals surface area contributed by atoms with Crippen molar-refractivity contribution in [3.05, 3.63) is 35.9 Å². The van der Waals surface area contributed by atoms with Gasteiger partial charge in [0.1, 0.15) is 6.61 Å². The van der Waals surface area contributed by atoms with Crippen molar-refractivity contribution < 1.29 is 14.3 Å². The molecule has 1 aromatic rings. The molecule has 2 N–H and O–H groups in total. The fourth-order valence-electron chi connectivity index (χ4n) is 2.30. The van der Waals surface area contributed by atoms with Crippen LogP contribution in [-0.4, -0.2) is 24.1 Å². The van der Waals surface area contributed by atoms with E-state index in [4.69, 9.17) is 4.74 Å². The summed E-state index contributed by atoms with van der Waals surface area (Å²) in [5, 5.41) is 5.65. The van der Waals surface area contributed by atoms with Crippen molar-refractivity contribution >= 4 is 12.0 Å². The minimum Gasteiger partial charge on any atom is -0.445 e. The molecule has 5 nitrogen and oxygen atoms in total. The van der Waals surface area contributed by atoms with Gasteiger partial charge < -0.3 is 15.4 Å². The van der Waals surface area contributed by atoms with Gasteiger partial charge in [-0.1, -0.05) is 44.2 Å². The van der Waals surface area contributed by atoms with Crippen LogP contribution in [0.1, 0.15) is 46.1 Å². The molecule has 2 amide bonds. The van der Waals surface area contributed by atoms with E-state index in [9.17, 15) is 9.59 Å². The van der Waals surface area contributed by atoms with E-state index in [0.717, 1.165) is 12.0 Å². The lowest BCUT2D eigenvalue weighted by Gasteiger charge is -2.20. The average Bonchev–Trinajstić information content (AvgIpc) is 2.44. The fourth-order valence-corrected chi connectivity index (χ4v) is 2.30. The molecule has 1 rings (SSSR count). The first-order valence-electron chi connectivity index (χ1n) is 8.13. The third kappa shape index (κ3) is 8.86. The first-order chi connectivity index (χ1) is 10.9. The Kier molecular flexibility index (Phi) is 8.16. The highest BCUT2D eigenvalue weighted by Gasteiger charge is 2.19. The van der Waals surface area contributed by atoms with Crippen LogP contribution in [0, 0.1) is 5.92 Å². The van der Waals surface area contributed by atoms with Gasteiger partial charge in [0.2, 0.25) is 5.91 Å². The van der Waals surface area contributed by atoms with Crippen molar-refractivity contribution in [2.75, 3.05) is 0 Å². The average molecular weight is 320 g/mol. The summed E-state index contributed by atoms with van der Waals surface area (Å²) in [6.45, 7) is 8.17. The quantitative estimate of drug-likeness (QED) is 0.772. The first-order valence-corrected chi connectivity index (χ1v) is 8.13. The van der Waals surface area contributed by atoms with Gasteiger partial charge in [-0.2, -0.15) is 0 Å². The van der Waals surface area contributed by atoms with Crippen molar-refractivity contribution in [3.8, 4) is 0 Å². The van der Waals surface area contributed by atoms with Crippen molar-refractivity contribution in [1.82, 2.24) is 10.6 Å². The summed E-state index contributed by atoms with van der Waals surface area (Å²) >= 11 is 0. The Morgan fingerprint density at radius 2 is 1.70 bits per heavy atom. The second-order valence-electron chi connectivity index (χ2n) is 6.46. The third-order valence-electron chi connectivity index (χ3n) is 3.17. The van der Waals surface area contributed by atoms with Crippen LogP contribution in [0.4, 0.5) is 4.79 Å². The number of rotatable bonds is 8. The Bertz CT molecular complexity index is 486. The lowest BCUT2D eigenvalue weighted by Crippen LogP contribution is -2.41. The summed E-state index contributed by atoms with van der Waals surface area (Å²) in [6.07, 6.45) is 0.500. The van der Waals surface area contributed by atoms with E-state index in [1.165, 1.54) is 0 Å². The SMILES string of the molecule is CC(C)CC(CC(=O)NC(C)C)NC(=O)OCc1ccccc1. The molecule has 1 aromatic carbocycles. The Morgan fingerprint density at radius 3 is 2.26 bits per heavy atom. The van der Waals surface area contributed by atoms with Crippen molar-refractivity contribution in [2.24, 2.45) is 5.92 Å². The second kappa shape index (κ2) is 9.87. The van der Waals surface area contributed by atoms with Crippen LogP contribution in [0.2, 0.25) is 0 Å². The lowest BCUT2D eigenvalue weighted by molar-refractivity contribution is -0.122. The van der Waals surface area contributed by atoms with E-state index in [-0.39, 0.29) is 31.0 Å². The number of hydrogen-bond acceptors (Lipinski definition) is 3. The highest BCUT2D eigenvalue weighted by molar-refractivity contribution is 5.77. The second-order valence-corrected chi connectivity index (χ2v) is 6.46. The minimum absolute atomic E-state index is 0.0611.